The van der Waals surface area contributed by atoms with Crippen LogP contribution in [0.4, 0.5) is 0 Å². The summed E-state index contributed by atoms with van der Waals surface area (Å²) in [6, 6.07) is 6.56. The van der Waals surface area contributed by atoms with Crippen LogP contribution in [0.2, 0.25) is 0 Å². The summed E-state index contributed by atoms with van der Waals surface area (Å²) in [6.07, 6.45) is 4.28. The molecule has 0 amide bonds. The molecule has 7 nitrogen and oxygen atoms in total. The zero-order valence-corrected chi connectivity index (χ0v) is 15.4. The predicted molar refractivity (Wildman–Crippen MR) is 93.9 cm³/mol. The van der Waals surface area contributed by atoms with Crippen molar-refractivity contribution in [1.29, 1.82) is 0 Å². The Balaban J connectivity index is 1.62. The molecule has 1 aromatic heterocycles. The van der Waals surface area contributed by atoms with E-state index >= 15 is 0 Å². The van der Waals surface area contributed by atoms with Crippen molar-refractivity contribution >= 4 is 10.0 Å². The Morgan fingerprint density at radius 1 is 1.20 bits per heavy atom. The number of nitrogens with zero attached hydrogens (tertiary/aromatic N) is 4. The smallest absolute Gasteiger partial charge is 0.243 e. The molecule has 0 bridgehead atoms. The van der Waals surface area contributed by atoms with Crippen molar-refractivity contribution in [3.63, 3.8) is 0 Å². The molecule has 3 rings (SSSR count). The number of aryl methyl sites for hydroxylation is 1. The van der Waals surface area contributed by atoms with Crippen molar-refractivity contribution in [2.75, 3.05) is 20.2 Å². The van der Waals surface area contributed by atoms with Crippen LogP contribution in [0, 0.1) is 5.92 Å². The molecule has 136 valence electrons. The van der Waals surface area contributed by atoms with Crippen molar-refractivity contribution in [2.24, 2.45) is 5.92 Å². The summed E-state index contributed by atoms with van der Waals surface area (Å²) in [4.78, 5) is 0.317. The van der Waals surface area contributed by atoms with Gasteiger partial charge < -0.3 is 9.30 Å². The van der Waals surface area contributed by atoms with Crippen LogP contribution >= 0.6 is 0 Å². The first-order valence-electron chi connectivity index (χ1n) is 8.55. The number of benzene rings is 1. The van der Waals surface area contributed by atoms with Crippen molar-refractivity contribution < 1.29 is 13.2 Å². The van der Waals surface area contributed by atoms with Crippen LogP contribution in [-0.2, 0) is 23.0 Å². The molecule has 1 saturated heterocycles. The van der Waals surface area contributed by atoms with Gasteiger partial charge in [0.2, 0.25) is 10.0 Å². The van der Waals surface area contributed by atoms with Gasteiger partial charge in [0.1, 0.15) is 17.9 Å². The molecule has 0 saturated carbocycles. The first kappa shape index (κ1) is 17.9. The number of rotatable bonds is 6. The van der Waals surface area contributed by atoms with Gasteiger partial charge in [-0.3, -0.25) is 0 Å². The van der Waals surface area contributed by atoms with Gasteiger partial charge in [-0.2, -0.15) is 4.31 Å². The molecular weight excluding hydrogens is 340 g/mol. The van der Waals surface area contributed by atoms with E-state index in [-0.39, 0.29) is 0 Å². The van der Waals surface area contributed by atoms with Crippen LogP contribution in [0.25, 0.3) is 0 Å². The van der Waals surface area contributed by atoms with Gasteiger partial charge in [-0.05, 0) is 49.9 Å². The molecule has 1 aromatic carbocycles. The highest BCUT2D eigenvalue weighted by atomic mass is 32.2. The summed E-state index contributed by atoms with van der Waals surface area (Å²) < 4.78 is 34.2. The number of methoxy groups -OCH3 is 1. The van der Waals surface area contributed by atoms with Gasteiger partial charge in [0.25, 0.3) is 0 Å². The maximum atomic E-state index is 12.8. The summed E-state index contributed by atoms with van der Waals surface area (Å²) >= 11 is 0. The third kappa shape index (κ3) is 3.85. The van der Waals surface area contributed by atoms with Gasteiger partial charge in [0, 0.05) is 26.1 Å². The summed E-state index contributed by atoms with van der Waals surface area (Å²) in [5, 5.41) is 8.14. The van der Waals surface area contributed by atoms with E-state index in [1.165, 1.54) is 0 Å². The molecular formula is C17H24N4O3S. The Kier molecular flexibility index (Phi) is 5.39. The molecule has 0 aliphatic carbocycles. The minimum Gasteiger partial charge on any atom is -0.497 e. The molecule has 2 aromatic rings. The van der Waals surface area contributed by atoms with E-state index in [9.17, 15) is 8.42 Å². The minimum atomic E-state index is -3.44. The average molecular weight is 364 g/mol. The van der Waals surface area contributed by atoms with Crippen molar-refractivity contribution in [3.8, 4) is 5.75 Å². The molecule has 8 heteroatoms. The lowest BCUT2D eigenvalue weighted by atomic mass is 9.94. The number of ether oxygens (including phenoxy) is 1. The fraction of sp³-hybridized carbons (Fsp3) is 0.529. The van der Waals surface area contributed by atoms with Gasteiger partial charge in [-0.25, -0.2) is 8.42 Å². The maximum absolute atomic E-state index is 12.8. The predicted octanol–water partition coefficient (Wildman–Crippen LogP) is 1.95. The minimum absolute atomic E-state index is 0.317. The van der Waals surface area contributed by atoms with Crippen molar-refractivity contribution in [3.05, 3.63) is 36.4 Å². The molecule has 0 radical (unpaired) electrons. The Hall–Kier alpha value is -1.93. The largest absolute Gasteiger partial charge is 0.497 e. The standard InChI is InChI=1S/C17H24N4O3S/c1-3-20-13-18-19-17(20)12-14-8-10-21(11-9-14)25(22,23)16-6-4-15(24-2)5-7-16/h4-7,13-14H,3,8-12H2,1-2H3. The Morgan fingerprint density at radius 3 is 2.48 bits per heavy atom. The fourth-order valence-corrected chi connectivity index (χ4v) is 4.68. The number of sulfonamides is 1. The first-order chi connectivity index (χ1) is 12.0. The zero-order valence-electron chi connectivity index (χ0n) is 14.6. The van der Waals surface area contributed by atoms with Crippen LogP contribution in [0.3, 0.4) is 0 Å². The van der Waals surface area contributed by atoms with Gasteiger partial charge in [-0.1, -0.05) is 0 Å². The van der Waals surface area contributed by atoms with E-state index in [0.717, 1.165) is 31.6 Å². The van der Waals surface area contributed by atoms with E-state index in [1.807, 2.05) is 4.57 Å². The quantitative estimate of drug-likeness (QED) is 0.783. The van der Waals surface area contributed by atoms with Crippen LogP contribution in [-0.4, -0.2) is 47.7 Å². The summed E-state index contributed by atoms with van der Waals surface area (Å²) in [7, 11) is -1.88. The van der Waals surface area contributed by atoms with E-state index in [1.54, 1.807) is 42.0 Å². The van der Waals surface area contributed by atoms with Crippen LogP contribution < -0.4 is 4.74 Å². The SMILES string of the molecule is CCn1cnnc1CC1CCN(S(=O)(=O)c2ccc(OC)cc2)CC1. The summed E-state index contributed by atoms with van der Waals surface area (Å²) in [6.45, 7) is 4.00. The number of aromatic nitrogens is 3. The van der Waals surface area contributed by atoms with Crippen LogP contribution in [0.1, 0.15) is 25.6 Å². The van der Waals surface area contributed by atoms with Crippen molar-refractivity contribution in [1.82, 2.24) is 19.1 Å². The lowest BCUT2D eigenvalue weighted by Gasteiger charge is -2.31. The highest BCUT2D eigenvalue weighted by Crippen LogP contribution is 2.26. The fourth-order valence-electron chi connectivity index (χ4n) is 3.21. The summed E-state index contributed by atoms with van der Waals surface area (Å²) in [5.41, 5.74) is 0. The molecule has 0 atom stereocenters. The molecule has 1 fully saturated rings. The Labute approximate surface area is 148 Å². The van der Waals surface area contributed by atoms with Crippen LogP contribution in [0.5, 0.6) is 5.75 Å². The highest BCUT2D eigenvalue weighted by molar-refractivity contribution is 7.89. The number of piperidine rings is 1. The number of hydrogen-bond acceptors (Lipinski definition) is 5. The monoisotopic (exact) mass is 364 g/mol. The van der Waals surface area contributed by atoms with E-state index < -0.39 is 10.0 Å². The zero-order chi connectivity index (χ0) is 17.9. The molecule has 25 heavy (non-hydrogen) atoms. The van der Waals surface area contributed by atoms with Gasteiger partial charge in [0.05, 0.1) is 12.0 Å². The Bertz CT molecular complexity index is 794. The first-order valence-corrected chi connectivity index (χ1v) is 9.99. The second-order valence-electron chi connectivity index (χ2n) is 6.26. The molecule has 1 aliphatic heterocycles. The van der Waals surface area contributed by atoms with E-state index in [0.29, 0.717) is 29.7 Å². The third-order valence-electron chi connectivity index (χ3n) is 4.78. The third-order valence-corrected chi connectivity index (χ3v) is 6.69. The topological polar surface area (TPSA) is 77.3 Å². The second kappa shape index (κ2) is 7.53. The highest BCUT2D eigenvalue weighted by Gasteiger charge is 2.30. The molecule has 0 N–H and O–H groups in total. The van der Waals surface area contributed by atoms with Gasteiger partial charge in [0.15, 0.2) is 0 Å². The average Bonchev–Trinajstić information content (AvgIpc) is 3.09. The normalized spacial score (nSPS) is 16.9. The van der Waals surface area contributed by atoms with Crippen LogP contribution in [0.15, 0.2) is 35.5 Å². The molecule has 0 unspecified atom stereocenters. The Morgan fingerprint density at radius 2 is 1.88 bits per heavy atom. The second-order valence-corrected chi connectivity index (χ2v) is 8.20. The van der Waals surface area contributed by atoms with E-state index in [2.05, 4.69) is 17.1 Å². The molecule has 2 heterocycles. The molecule has 0 spiro atoms. The summed E-state index contributed by atoms with van der Waals surface area (Å²) in [5.74, 6) is 2.08. The van der Waals surface area contributed by atoms with Gasteiger partial charge in [-0.15, -0.1) is 10.2 Å². The van der Waals surface area contributed by atoms with Crippen molar-refractivity contribution in [2.45, 2.75) is 37.6 Å². The van der Waals surface area contributed by atoms with E-state index in [4.69, 9.17) is 4.74 Å². The lowest BCUT2D eigenvalue weighted by Crippen LogP contribution is -2.39. The number of hydrogen-bond donors (Lipinski definition) is 0. The lowest BCUT2D eigenvalue weighted by molar-refractivity contribution is 0.269. The maximum Gasteiger partial charge on any atom is 0.243 e. The van der Waals surface area contributed by atoms with Gasteiger partial charge >= 0.3 is 0 Å². The molecule has 1 aliphatic rings.